The van der Waals surface area contributed by atoms with Crippen molar-refractivity contribution in [1.82, 2.24) is 14.8 Å². The van der Waals surface area contributed by atoms with Crippen LogP contribution < -0.4 is 20.1 Å². The highest BCUT2D eigenvalue weighted by atomic mass is 16.5. The first-order valence-corrected chi connectivity index (χ1v) is 10.6. The molecule has 1 amide bonds. The Balaban J connectivity index is 1.75. The summed E-state index contributed by atoms with van der Waals surface area (Å²) in [6.07, 6.45) is 2.37. The van der Waals surface area contributed by atoms with Crippen molar-refractivity contribution in [2.75, 3.05) is 24.4 Å². The number of hydrogen-bond acceptors (Lipinski definition) is 6. The van der Waals surface area contributed by atoms with Crippen molar-refractivity contribution in [1.29, 1.82) is 0 Å². The van der Waals surface area contributed by atoms with Gasteiger partial charge in [0.1, 0.15) is 12.4 Å². The van der Waals surface area contributed by atoms with Gasteiger partial charge in [0.05, 0.1) is 19.3 Å². The SMILES string of the molecule is CCCOc1ccc(C2C(C(=O)Nc3cccc(C)c3)=C(C)Nc3ncnn32)cc1OC. The Bertz CT molecular complexity index is 1170. The summed E-state index contributed by atoms with van der Waals surface area (Å²) in [6, 6.07) is 12.9. The third-order valence-electron chi connectivity index (χ3n) is 5.28. The van der Waals surface area contributed by atoms with Crippen LogP contribution in [0.15, 0.2) is 60.1 Å². The zero-order chi connectivity index (χ0) is 22.7. The molecule has 4 rings (SSSR count). The summed E-state index contributed by atoms with van der Waals surface area (Å²) >= 11 is 0. The lowest BCUT2D eigenvalue weighted by atomic mass is 9.94. The number of aryl methyl sites for hydroxylation is 1. The summed E-state index contributed by atoms with van der Waals surface area (Å²) in [7, 11) is 1.60. The standard InChI is InChI=1S/C24H27N5O3/c1-5-11-32-19-10-9-17(13-20(19)31-4)22-21(16(3)27-24-25-14-26-29(22)24)23(30)28-18-8-6-7-15(2)12-18/h6-10,12-14,22H,5,11H2,1-4H3,(H,28,30)(H,25,26,27). The van der Waals surface area contributed by atoms with Gasteiger partial charge < -0.3 is 20.1 Å². The number of aromatic nitrogens is 3. The number of carbonyl (C=O) groups is 1. The molecule has 8 heteroatoms. The lowest BCUT2D eigenvalue weighted by Crippen LogP contribution is -2.31. The molecule has 0 fully saturated rings. The number of benzene rings is 2. The Labute approximate surface area is 187 Å². The van der Waals surface area contributed by atoms with Gasteiger partial charge in [0, 0.05) is 11.4 Å². The minimum Gasteiger partial charge on any atom is -0.493 e. The van der Waals surface area contributed by atoms with E-state index in [1.54, 1.807) is 11.8 Å². The van der Waals surface area contributed by atoms with Crippen LogP contribution in [0.25, 0.3) is 0 Å². The maximum atomic E-state index is 13.4. The van der Waals surface area contributed by atoms with Gasteiger partial charge in [-0.15, -0.1) is 0 Å². The summed E-state index contributed by atoms with van der Waals surface area (Å²) in [5.41, 5.74) is 3.91. The highest BCUT2D eigenvalue weighted by Gasteiger charge is 2.34. The molecule has 0 saturated heterocycles. The van der Waals surface area contributed by atoms with E-state index in [9.17, 15) is 4.79 Å². The Kier molecular flexibility index (Phi) is 6.11. The second kappa shape index (κ2) is 9.13. The van der Waals surface area contributed by atoms with Crippen molar-refractivity contribution < 1.29 is 14.3 Å². The Morgan fingerprint density at radius 3 is 2.78 bits per heavy atom. The van der Waals surface area contributed by atoms with Gasteiger partial charge in [0.2, 0.25) is 5.95 Å². The van der Waals surface area contributed by atoms with Crippen LogP contribution in [0, 0.1) is 6.92 Å². The highest BCUT2D eigenvalue weighted by Crippen LogP contribution is 2.38. The number of nitrogens with zero attached hydrogens (tertiary/aromatic N) is 3. The normalized spacial score (nSPS) is 15.1. The Morgan fingerprint density at radius 2 is 2.03 bits per heavy atom. The minimum atomic E-state index is -0.479. The minimum absolute atomic E-state index is 0.211. The summed E-state index contributed by atoms with van der Waals surface area (Å²) in [4.78, 5) is 17.7. The van der Waals surface area contributed by atoms with Gasteiger partial charge >= 0.3 is 0 Å². The molecule has 0 saturated carbocycles. The van der Waals surface area contributed by atoms with Crippen molar-refractivity contribution in [2.24, 2.45) is 0 Å². The first kappa shape index (κ1) is 21.4. The van der Waals surface area contributed by atoms with Crippen LogP contribution in [0.3, 0.4) is 0 Å². The van der Waals surface area contributed by atoms with Gasteiger partial charge in [0.15, 0.2) is 11.5 Å². The van der Waals surface area contributed by atoms with Crippen LogP contribution >= 0.6 is 0 Å². The highest BCUT2D eigenvalue weighted by molar-refractivity contribution is 6.06. The maximum Gasteiger partial charge on any atom is 0.255 e. The molecule has 0 bridgehead atoms. The third kappa shape index (κ3) is 4.16. The van der Waals surface area contributed by atoms with Gasteiger partial charge in [-0.1, -0.05) is 25.1 Å². The molecular weight excluding hydrogens is 406 g/mol. The number of allylic oxidation sites excluding steroid dienone is 1. The van der Waals surface area contributed by atoms with Crippen LogP contribution in [-0.2, 0) is 4.79 Å². The van der Waals surface area contributed by atoms with Crippen molar-refractivity contribution >= 4 is 17.5 Å². The van der Waals surface area contributed by atoms with Crippen molar-refractivity contribution in [3.8, 4) is 11.5 Å². The van der Waals surface area contributed by atoms with Gasteiger partial charge in [0.25, 0.3) is 5.91 Å². The van der Waals surface area contributed by atoms with E-state index in [-0.39, 0.29) is 5.91 Å². The summed E-state index contributed by atoms with van der Waals surface area (Å²) in [6.45, 7) is 6.50. The summed E-state index contributed by atoms with van der Waals surface area (Å²) in [5, 5.41) is 10.6. The Morgan fingerprint density at radius 1 is 1.19 bits per heavy atom. The van der Waals surface area contributed by atoms with Gasteiger partial charge in [-0.25, -0.2) is 4.68 Å². The zero-order valence-electron chi connectivity index (χ0n) is 18.7. The van der Waals surface area contributed by atoms with Gasteiger partial charge in [-0.05, 0) is 55.7 Å². The molecule has 1 atom stereocenters. The lowest BCUT2D eigenvalue weighted by molar-refractivity contribution is -0.113. The quantitative estimate of drug-likeness (QED) is 0.577. The molecule has 0 radical (unpaired) electrons. The van der Waals surface area contributed by atoms with Crippen molar-refractivity contribution in [3.63, 3.8) is 0 Å². The first-order valence-electron chi connectivity index (χ1n) is 10.6. The number of amides is 1. The van der Waals surface area contributed by atoms with Crippen LogP contribution in [0.5, 0.6) is 11.5 Å². The molecule has 3 aromatic rings. The number of nitrogens with one attached hydrogen (secondary N) is 2. The molecule has 1 unspecified atom stereocenters. The number of rotatable bonds is 7. The average Bonchev–Trinajstić information content (AvgIpc) is 3.24. The molecular formula is C24H27N5O3. The number of anilines is 2. The number of hydrogen-bond donors (Lipinski definition) is 2. The van der Waals surface area contributed by atoms with Crippen molar-refractivity contribution in [2.45, 2.75) is 33.2 Å². The van der Waals surface area contributed by atoms with E-state index < -0.39 is 6.04 Å². The molecule has 2 heterocycles. The molecule has 0 aliphatic carbocycles. The van der Waals surface area contributed by atoms with E-state index in [2.05, 4.69) is 27.6 Å². The van der Waals surface area contributed by atoms with Crippen LogP contribution in [0.2, 0.25) is 0 Å². The summed E-state index contributed by atoms with van der Waals surface area (Å²) < 4.78 is 13.1. The molecule has 1 aromatic heterocycles. The van der Waals surface area contributed by atoms with Crippen molar-refractivity contribution in [3.05, 3.63) is 71.2 Å². The molecule has 32 heavy (non-hydrogen) atoms. The molecule has 166 valence electrons. The maximum absolute atomic E-state index is 13.4. The van der Waals surface area contributed by atoms with Gasteiger partial charge in [-0.2, -0.15) is 10.1 Å². The molecule has 2 N–H and O–H groups in total. The zero-order valence-corrected chi connectivity index (χ0v) is 18.7. The lowest BCUT2D eigenvalue weighted by Gasteiger charge is -2.29. The van der Waals surface area contributed by atoms with E-state index in [4.69, 9.17) is 9.47 Å². The fourth-order valence-electron chi connectivity index (χ4n) is 3.80. The van der Waals surface area contributed by atoms with Crippen LogP contribution in [0.4, 0.5) is 11.6 Å². The second-order valence-corrected chi connectivity index (χ2v) is 7.68. The molecule has 1 aliphatic heterocycles. The smallest absolute Gasteiger partial charge is 0.255 e. The molecule has 2 aromatic carbocycles. The molecule has 8 nitrogen and oxygen atoms in total. The Hall–Kier alpha value is -3.81. The number of methoxy groups -OCH3 is 1. The summed E-state index contributed by atoms with van der Waals surface area (Å²) in [5.74, 6) is 1.63. The fourth-order valence-corrected chi connectivity index (χ4v) is 3.80. The predicted molar refractivity (Wildman–Crippen MR) is 123 cm³/mol. The number of carbonyl (C=O) groups excluding carboxylic acids is 1. The second-order valence-electron chi connectivity index (χ2n) is 7.68. The van der Waals surface area contributed by atoms with Gasteiger partial charge in [-0.3, -0.25) is 4.79 Å². The van der Waals surface area contributed by atoms with E-state index in [0.717, 1.165) is 23.2 Å². The molecule has 0 spiro atoms. The molecule has 1 aliphatic rings. The van der Waals surface area contributed by atoms with E-state index in [1.807, 2.05) is 56.3 Å². The number of ether oxygens (including phenoxy) is 2. The first-order chi connectivity index (χ1) is 15.5. The fraction of sp³-hybridized carbons (Fsp3) is 0.292. The largest absolute Gasteiger partial charge is 0.493 e. The van der Waals surface area contributed by atoms with E-state index >= 15 is 0 Å². The van der Waals surface area contributed by atoms with E-state index in [0.29, 0.717) is 35.3 Å². The average molecular weight is 434 g/mol. The number of fused-ring (bicyclic) bond motifs is 1. The third-order valence-corrected chi connectivity index (χ3v) is 5.28. The predicted octanol–water partition coefficient (Wildman–Crippen LogP) is 4.31. The van der Waals surface area contributed by atoms with Crippen LogP contribution in [-0.4, -0.2) is 34.4 Å². The van der Waals surface area contributed by atoms with E-state index in [1.165, 1.54) is 6.33 Å². The van der Waals surface area contributed by atoms with Crippen LogP contribution in [0.1, 0.15) is 37.4 Å². The topological polar surface area (TPSA) is 90.3 Å². The monoisotopic (exact) mass is 433 g/mol.